The van der Waals surface area contributed by atoms with Crippen LogP contribution in [-0.2, 0) is 0 Å². The predicted molar refractivity (Wildman–Crippen MR) is 71.2 cm³/mol. The first kappa shape index (κ1) is 13.7. The van der Waals surface area contributed by atoms with Crippen LogP contribution >= 0.6 is 11.8 Å². The molecule has 0 aliphatic heterocycles. The van der Waals surface area contributed by atoms with Crippen molar-refractivity contribution >= 4 is 11.8 Å². The van der Waals surface area contributed by atoms with Gasteiger partial charge < -0.3 is 9.73 Å². The monoisotopic (exact) mass is 241 g/mol. The smallest absolute Gasteiger partial charge is 0.114 e. The Hall–Kier alpha value is -0.410. The van der Waals surface area contributed by atoms with Crippen molar-refractivity contribution < 1.29 is 4.42 Å². The van der Waals surface area contributed by atoms with Crippen molar-refractivity contribution in [1.29, 1.82) is 0 Å². The van der Waals surface area contributed by atoms with Crippen LogP contribution < -0.4 is 5.32 Å². The highest BCUT2D eigenvalue weighted by atomic mass is 32.2. The van der Waals surface area contributed by atoms with Gasteiger partial charge in [-0.3, -0.25) is 0 Å². The van der Waals surface area contributed by atoms with Gasteiger partial charge in [0.2, 0.25) is 0 Å². The third-order valence-electron chi connectivity index (χ3n) is 2.53. The number of hydrogen-bond donors (Lipinski definition) is 1. The predicted octanol–water partition coefficient (Wildman–Crippen LogP) is 3.85. The molecule has 0 saturated heterocycles. The maximum absolute atomic E-state index is 5.28. The second-order valence-electron chi connectivity index (χ2n) is 4.18. The van der Waals surface area contributed by atoms with Gasteiger partial charge in [-0.15, -0.1) is 11.8 Å². The van der Waals surface area contributed by atoms with Crippen molar-refractivity contribution in [2.45, 2.75) is 50.2 Å². The van der Waals surface area contributed by atoms with E-state index >= 15 is 0 Å². The molecule has 0 aromatic carbocycles. The van der Waals surface area contributed by atoms with Gasteiger partial charge in [0, 0.05) is 16.7 Å². The Bertz CT molecular complexity index is 285. The molecule has 0 fully saturated rings. The van der Waals surface area contributed by atoms with Crippen LogP contribution in [0.4, 0.5) is 0 Å². The van der Waals surface area contributed by atoms with E-state index in [2.05, 4.69) is 19.2 Å². The average Bonchev–Trinajstić information content (AvgIpc) is 2.64. The highest BCUT2D eigenvalue weighted by Crippen LogP contribution is 2.26. The van der Waals surface area contributed by atoms with Crippen molar-refractivity contribution in [2.75, 3.05) is 13.1 Å². The zero-order valence-corrected chi connectivity index (χ0v) is 11.4. The fourth-order valence-electron chi connectivity index (χ4n) is 1.56. The molecule has 0 aliphatic rings. The molecule has 2 nitrogen and oxygen atoms in total. The van der Waals surface area contributed by atoms with Crippen molar-refractivity contribution in [1.82, 2.24) is 5.32 Å². The summed E-state index contributed by atoms with van der Waals surface area (Å²) in [6.45, 7) is 8.72. The van der Waals surface area contributed by atoms with Crippen LogP contribution in [0.15, 0.2) is 21.6 Å². The van der Waals surface area contributed by atoms with Crippen LogP contribution in [0.25, 0.3) is 0 Å². The van der Waals surface area contributed by atoms with Gasteiger partial charge in [0.15, 0.2) is 0 Å². The molecule has 0 radical (unpaired) electrons. The summed E-state index contributed by atoms with van der Waals surface area (Å²) >= 11 is 1.88. The lowest BCUT2D eigenvalue weighted by atomic mass is 10.2. The molecule has 0 bridgehead atoms. The van der Waals surface area contributed by atoms with Crippen LogP contribution in [-0.4, -0.2) is 18.3 Å². The van der Waals surface area contributed by atoms with Gasteiger partial charge in [-0.1, -0.05) is 26.7 Å². The lowest BCUT2D eigenvalue weighted by Crippen LogP contribution is -2.23. The van der Waals surface area contributed by atoms with E-state index in [9.17, 15) is 0 Å². The minimum Gasteiger partial charge on any atom is -0.468 e. The molecular weight excluding hydrogens is 218 g/mol. The van der Waals surface area contributed by atoms with Crippen LogP contribution in [0.1, 0.15) is 38.9 Å². The number of nitrogens with one attached hydrogen (secondary N) is 1. The Kier molecular flexibility index (Phi) is 6.65. The summed E-state index contributed by atoms with van der Waals surface area (Å²) in [5.41, 5.74) is 0. The van der Waals surface area contributed by atoms with Crippen LogP contribution in [0.3, 0.4) is 0 Å². The van der Waals surface area contributed by atoms with Crippen molar-refractivity contribution in [2.24, 2.45) is 0 Å². The Morgan fingerprint density at radius 2 is 2.25 bits per heavy atom. The molecule has 16 heavy (non-hydrogen) atoms. The van der Waals surface area contributed by atoms with Gasteiger partial charge in [0.25, 0.3) is 0 Å². The minimum atomic E-state index is 0.595. The number of thioether (sulfide) groups is 1. The Labute approximate surface area is 103 Å². The zero-order chi connectivity index (χ0) is 11.8. The van der Waals surface area contributed by atoms with E-state index < -0.39 is 0 Å². The molecule has 1 aromatic heterocycles. The minimum absolute atomic E-state index is 0.595. The molecule has 0 amide bonds. The normalized spacial score (nSPS) is 12.9. The summed E-state index contributed by atoms with van der Waals surface area (Å²) in [5, 5.41) is 4.10. The van der Waals surface area contributed by atoms with Gasteiger partial charge in [-0.05, 0) is 26.0 Å². The molecule has 1 heterocycles. The van der Waals surface area contributed by atoms with Gasteiger partial charge in [-0.2, -0.15) is 0 Å². The SMILES string of the molecule is CCCCCNCC(C)Sc1ccoc1C. The summed E-state index contributed by atoms with van der Waals surface area (Å²) in [5.74, 6) is 1.03. The largest absolute Gasteiger partial charge is 0.468 e. The van der Waals surface area contributed by atoms with Crippen molar-refractivity contribution in [3.8, 4) is 0 Å². The van der Waals surface area contributed by atoms with Gasteiger partial charge in [0.1, 0.15) is 5.76 Å². The van der Waals surface area contributed by atoms with Crippen LogP contribution in [0, 0.1) is 6.92 Å². The molecule has 1 atom stereocenters. The van der Waals surface area contributed by atoms with E-state index in [-0.39, 0.29) is 0 Å². The van der Waals surface area contributed by atoms with E-state index in [1.807, 2.05) is 24.8 Å². The third kappa shape index (κ3) is 5.08. The molecule has 0 spiro atoms. The van der Waals surface area contributed by atoms with E-state index in [1.54, 1.807) is 6.26 Å². The first-order chi connectivity index (χ1) is 7.74. The van der Waals surface area contributed by atoms with E-state index in [4.69, 9.17) is 4.42 Å². The average molecular weight is 241 g/mol. The quantitative estimate of drug-likeness (QED) is 0.553. The molecule has 1 N–H and O–H groups in total. The molecule has 0 aliphatic carbocycles. The standard InChI is InChI=1S/C13H23NOS/c1-4-5-6-8-14-10-11(2)16-13-7-9-15-12(13)3/h7,9,11,14H,4-6,8,10H2,1-3H3. The molecule has 1 aromatic rings. The number of rotatable bonds is 8. The molecule has 0 saturated carbocycles. The fraction of sp³-hybridized carbons (Fsp3) is 0.692. The molecule has 92 valence electrons. The van der Waals surface area contributed by atoms with Crippen LogP contribution in [0.2, 0.25) is 0 Å². The van der Waals surface area contributed by atoms with Crippen LogP contribution in [0.5, 0.6) is 0 Å². The van der Waals surface area contributed by atoms with Crippen molar-refractivity contribution in [3.63, 3.8) is 0 Å². The number of aryl methyl sites for hydroxylation is 1. The summed E-state index contributed by atoms with van der Waals surface area (Å²) in [6.07, 6.45) is 5.67. The zero-order valence-electron chi connectivity index (χ0n) is 10.6. The topological polar surface area (TPSA) is 25.2 Å². The Balaban J connectivity index is 2.11. The van der Waals surface area contributed by atoms with Gasteiger partial charge in [0.05, 0.1) is 6.26 Å². The Morgan fingerprint density at radius 3 is 2.88 bits per heavy atom. The van der Waals surface area contributed by atoms with E-state index in [0.29, 0.717) is 5.25 Å². The van der Waals surface area contributed by atoms with Crippen molar-refractivity contribution in [3.05, 3.63) is 18.1 Å². The maximum Gasteiger partial charge on any atom is 0.114 e. The summed E-state index contributed by atoms with van der Waals surface area (Å²) < 4.78 is 5.28. The highest BCUT2D eigenvalue weighted by molar-refractivity contribution is 8.00. The van der Waals surface area contributed by atoms with Gasteiger partial charge >= 0.3 is 0 Å². The number of hydrogen-bond acceptors (Lipinski definition) is 3. The second kappa shape index (κ2) is 7.80. The van der Waals surface area contributed by atoms with E-state index in [0.717, 1.165) is 18.8 Å². The highest BCUT2D eigenvalue weighted by Gasteiger charge is 2.07. The summed E-state index contributed by atoms with van der Waals surface area (Å²) in [7, 11) is 0. The van der Waals surface area contributed by atoms with Gasteiger partial charge in [-0.25, -0.2) is 0 Å². The van der Waals surface area contributed by atoms with E-state index in [1.165, 1.54) is 24.2 Å². The third-order valence-corrected chi connectivity index (χ3v) is 3.77. The Morgan fingerprint density at radius 1 is 1.44 bits per heavy atom. The maximum atomic E-state index is 5.28. The molecular formula is C13H23NOS. The summed E-state index contributed by atoms with van der Waals surface area (Å²) in [4.78, 5) is 1.27. The first-order valence-electron chi connectivity index (χ1n) is 6.15. The lowest BCUT2D eigenvalue weighted by molar-refractivity contribution is 0.526. The lowest BCUT2D eigenvalue weighted by Gasteiger charge is -2.11. The molecule has 1 unspecified atom stereocenters. The number of furan rings is 1. The second-order valence-corrected chi connectivity index (χ2v) is 5.66. The fourth-order valence-corrected chi connectivity index (χ4v) is 2.54. The summed E-state index contributed by atoms with van der Waals surface area (Å²) in [6, 6.07) is 2.05. The number of unbranched alkanes of at least 4 members (excludes halogenated alkanes) is 2. The molecule has 3 heteroatoms. The first-order valence-corrected chi connectivity index (χ1v) is 7.03. The molecule has 1 rings (SSSR count).